The van der Waals surface area contributed by atoms with Gasteiger partial charge in [-0.15, -0.1) is 0 Å². The number of ether oxygens (including phenoxy) is 2. The van der Waals surface area contributed by atoms with Crippen LogP contribution in [-0.2, 0) is 11.2 Å². The highest BCUT2D eigenvalue weighted by Gasteiger charge is 2.38. The summed E-state index contributed by atoms with van der Waals surface area (Å²) >= 11 is 0. The van der Waals surface area contributed by atoms with Crippen LogP contribution in [-0.4, -0.2) is 42.3 Å². The van der Waals surface area contributed by atoms with Crippen molar-refractivity contribution in [3.63, 3.8) is 0 Å². The van der Waals surface area contributed by atoms with Crippen LogP contribution in [0.1, 0.15) is 45.6 Å². The molecule has 2 heterocycles. The Hall–Kier alpha value is -1.75. The normalized spacial score (nSPS) is 27.2. The van der Waals surface area contributed by atoms with E-state index in [0.717, 1.165) is 44.5 Å². The molecule has 3 atom stereocenters. The van der Waals surface area contributed by atoms with E-state index in [1.807, 2.05) is 6.07 Å². The molecule has 5 nitrogen and oxygen atoms in total. The van der Waals surface area contributed by atoms with E-state index in [4.69, 9.17) is 15.2 Å². The van der Waals surface area contributed by atoms with Crippen LogP contribution in [0, 0.1) is 5.41 Å². The first-order chi connectivity index (χ1) is 11.8. The lowest BCUT2D eigenvalue weighted by atomic mass is 9.79. The topological polar surface area (TPSA) is 64.8 Å². The molecule has 2 aliphatic heterocycles. The highest BCUT2D eigenvalue weighted by molar-refractivity contribution is 5.64. The minimum absolute atomic E-state index is 0.0778. The number of primary amides is 1. The third-order valence-electron chi connectivity index (χ3n) is 5.39. The second kappa shape index (κ2) is 7.24. The molecular weight excluding hydrogens is 316 g/mol. The van der Waals surface area contributed by atoms with Crippen LogP contribution in [0.2, 0.25) is 0 Å². The first-order valence-electron chi connectivity index (χ1n) is 9.27. The van der Waals surface area contributed by atoms with Crippen molar-refractivity contribution in [2.24, 2.45) is 11.1 Å². The van der Waals surface area contributed by atoms with Gasteiger partial charge in [0, 0.05) is 25.6 Å². The van der Waals surface area contributed by atoms with Crippen LogP contribution in [0.25, 0.3) is 0 Å². The zero-order chi connectivity index (χ0) is 18.0. The number of fused-ring (bicyclic) bond motifs is 1. The zero-order valence-electron chi connectivity index (χ0n) is 15.5. The summed E-state index contributed by atoms with van der Waals surface area (Å²) in [6.45, 7) is 8.55. The second-order valence-corrected chi connectivity index (χ2v) is 8.35. The van der Waals surface area contributed by atoms with E-state index >= 15 is 0 Å². The molecule has 138 valence electrons. The lowest BCUT2D eigenvalue weighted by molar-refractivity contribution is -0.0274. The highest BCUT2D eigenvalue weighted by Crippen LogP contribution is 2.34. The summed E-state index contributed by atoms with van der Waals surface area (Å²) in [7, 11) is 0. The van der Waals surface area contributed by atoms with Crippen molar-refractivity contribution >= 4 is 6.09 Å². The number of nitrogens with two attached hydrogens (primary N) is 1. The van der Waals surface area contributed by atoms with Crippen molar-refractivity contribution in [1.82, 2.24) is 4.90 Å². The highest BCUT2D eigenvalue weighted by atomic mass is 16.6. The largest absolute Gasteiger partial charge is 0.489 e. The number of likely N-dealkylation sites (tertiary alicyclic amines) is 1. The minimum atomic E-state index is -0.668. The van der Waals surface area contributed by atoms with Gasteiger partial charge >= 0.3 is 6.09 Å². The molecule has 25 heavy (non-hydrogen) atoms. The summed E-state index contributed by atoms with van der Waals surface area (Å²) < 4.78 is 11.5. The van der Waals surface area contributed by atoms with Crippen LogP contribution in [0.15, 0.2) is 24.3 Å². The molecule has 1 saturated heterocycles. The Morgan fingerprint density at radius 2 is 2.08 bits per heavy atom. The Bertz CT molecular complexity index is 611. The second-order valence-electron chi connectivity index (χ2n) is 8.35. The summed E-state index contributed by atoms with van der Waals surface area (Å²) in [5.41, 5.74) is 6.62. The van der Waals surface area contributed by atoms with Gasteiger partial charge in [-0.05, 0) is 36.3 Å². The Labute approximate surface area is 150 Å². The fourth-order valence-corrected chi connectivity index (χ4v) is 4.14. The van der Waals surface area contributed by atoms with Crippen molar-refractivity contribution in [3.05, 3.63) is 29.8 Å². The maximum Gasteiger partial charge on any atom is 0.404 e. The van der Waals surface area contributed by atoms with Gasteiger partial charge in [0.1, 0.15) is 18.0 Å². The molecule has 2 N–H and O–H groups in total. The first-order valence-corrected chi connectivity index (χ1v) is 9.27. The number of benzene rings is 1. The van der Waals surface area contributed by atoms with E-state index in [-0.39, 0.29) is 17.6 Å². The Kier molecular flexibility index (Phi) is 5.23. The number of aryl methyl sites for hydroxylation is 1. The van der Waals surface area contributed by atoms with Crippen molar-refractivity contribution < 1.29 is 14.3 Å². The number of hydrogen-bond acceptors (Lipinski definition) is 4. The van der Waals surface area contributed by atoms with Gasteiger partial charge < -0.3 is 15.2 Å². The van der Waals surface area contributed by atoms with Crippen molar-refractivity contribution in [1.29, 1.82) is 0 Å². The molecule has 0 saturated carbocycles. The molecule has 0 bridgehead atoms. The molecule has 1 aromatic carbocycles. The maximum absolute atomic E-state index is 11.1. The van der Waals surface area contributed by atoms with Crippen LogP contribution < -0.4 is 10.5 Å². The van der Waals surface area contributed by atoms with Gasteiger partial charge in [-0.2, -0.15) is 0 Å². The summed E-state index contributed by atoms with van der Waals surface area (Å²) in [5.74, 6) is 1.03. The van der Waals surface area contributed by atoms with Gasteiger partial charge in [0.2, 0.25) is 0 Å². The molecule has 1 amide bonds. The Morgan fingerprint density at radius 3 is 2.80 bits per heavy atom. The van der Waals surface area contributed by atoms with Gasteiger partial charge in [0.15, 0.2) is 0 Å². The molecule has 1 fully saturated rings. The van der Waals surface area contributed by atoms with Crippen molar-refractivity contribution in [3.8, 4) is 5.75 Å². The van der Waals surface area contributed by atoms with E-state index in [9.17, 15) is 4.79 Å². The zero-order valence-corrected chi connectivity index (χ0v) is 15.5. The van der Waals surface area contributed by atoms with Gasteiger partial charge in [-0.1, -0.05) is 39.0 Å². The van der Waals surface area contributed by atoms with E-state index < -0.39 is 6.09 Å². The van der Waals surface area contributed by atoms with Crippen LogP contribution in [0.5, 0.6) is 5.75 Å². The number of rotatable bonds is 3. The van der Waals surface area contributed by atoms with Crippen LogP contribution >= 0.6 is 0 Å². The Morgan fingerprint density at radius 1 is 1.32 bits per heavy atom. The lowest BCUT2D eigenvalue weighted by Crippen LogP contribution is -2.54. The number of hydrogen-bond donors (Lipinski definition) is 1. The summed E-state index contributed by atoms with van der Waals surface area (Å²) in [4.78, 5) is 13.6. The summed E-state index contributed by atoms with van der Waals surface area (Å²) in [5, 5.41) is 0. The summed E-state index contributed by atoms with van der Waals surface area (Å²) in [6.07, 6.45) is 3.25. The van der Waals surface area contributed by atoms with Gasteiger partial charge in [0.05, 0.1) is 0 Å². The Balaban J connectivity index is 1.66. The first kappa shape index (κ1) is 18.1. The van der Waals surface area contributed by atoms with E-state index in [1.165, 1.54) is 5.56 Å². The van der Waals surface area contributed by atoms with Crippen molar-refractivity contribution in [2.75, 3.05) is 13.1 Å². The fraction of sp³-hybridized carbons (Fsp3) is 0.650. The van der Waals surface area contributed by atoms with Crippen LogP contribution in [0.3, 0.4) is 0 Å². The predicted molar refractivity (Wildman–Crippen MR) is 97.7 cm³/mol. The fourth-order valence-electron chi connectivity index (χ4n) is 4.14. The number of nitrogens with zero attached hydrogens (tertiary/aromatic N) is 1. The quantitative estimate of drug-likeness (QED) is 0.911. The van der Waals surface area contributed by atoms with E-state index in [1.54, 1.807) is 0 Å². The molecular formula is C20H30N2O3. The minimum Gasteiger partial charge on any atom is -0.489 e. The number of piperidine rings is 1. The number of carbonyl (C=O) groups is 1. The standard InChI is InChI=1S/C20H30N2O3/c1-20(2,3)18-12-15(25-19(21)23)10-11-22(18)13-16-9-8-14-6-4-5-7-17(14)24-16/h4-7,15-16,18H,8-13H2,1-3H3,(H2,21,23). The van der Waals surface area contributed by atoms with Gasteiger partial charge in [0.25, 0.3) is 0 Å². The maximum atomic E-state index is 11.1. The molecule has 3 unspecified atom stereocenters. The molecule has 2 aliphatic rings. The van der Waals surface area contributed by atoms with Gasteiger partial charge in [-0.3, -0.25) is 4.90 Å². The average molecular weight is 346 g/mol. The number of carbonyl (C=O) groups excluding carboxylic acids is 1. The molecule has 0 aliphatic carbocycles. The summed E-state index contributed by atoms with van der Waals surface area (Å²) in [6, 6.07) is 8.66. The third-order valence-corrected chi connectivity index (χ3v) is 5.39. The third kappa shape index (κ3) is 4.46. The smallest absolute Gasteiger partial charge is 0.404 e. The SMILES string of the molecule is CC(C)(C)C1CC(OC(N)=O)CCN1CC1CCc2ccccc2O1. The molecule has 1 aromatic rings. The van der Waals surface area contributed by atoms with E-state index in [0.29, 0.717) is 6.04 Å². The van der Waals surface area contributed by atoms with Crippen molar-refractivity contribution in [2.45, 2.75) is 64.7 Å². The molecule has 0 radical (unpaired) electrons. The average Bonchev–Trinajstić information content (AvgIpc) is 2.55. The molecule has 5 heteroatoms. The van der Waals surface area contributed by atoms with Crippen LogP contribution in [0.4, 0.5) is 4.79 Å². The molecule has 0 spiro atoms. The van der Waals surface area contributed by atoms with Gasteiger partial charge in [-0.25, -0.2) is 4.79 Å². The number of amides is 1. The van der Waals surface area contributed by atoms with E-state index in [2.05, 4.69) is 43.9 Å². The molecule has 0 aromatic heterocycles. The number of para-hydroxylation sites is 1. The lowest BCUT2D eigenvalue weighted by Gasteiger charge is -2.46. The molecule has 3 rings (SSSR count). The monoisotopic (exact) mass is 346 g/mol. The predicted octanol–water partition coefficient (Wildman–Crippen LogP) is 3.35.